The molecule has 0 bridgehead atoms. The molecule has 0 aromatic heterocycles. The van der Waals surface area contributed by atoms with Gasteiger partial charge in [-0.2, -0.15) is 0 Å². The average Bonchev–Trinajstić information content (AvgIpc) is 0.918. The van der Waals surface area contributed by atoms with Crippen LogP contribution in [0.1, 0.15) is 0 Å². The molecule has 0 rings (SSSR count). The predicted molar refractivity (Wildman–Crippen MR) is 27.5 cm³/mol. The van der Waals surface area contributed by atoms with Crippen molar-refractivity contribution >= 4 is 7.28 Å². The van der Waals surface area contributed by atoms with Gasteiger partial charge in [-0.1, -0.05) is 13.6 Å². The van der Waals surface area contributed by atoms with Gasteiger partial charge in [0.2, 0.25) is 0 Å². The molecule has 0 saturated carbocycles. The van der Waals surface area contributed by atoms with Crippen molar-refractivity contribution in [3.63, 3.8) is 0 Å². The van der Waals surface area contributed by atoms with E-state index in [1.54, 1.807) is 0 Å². The number of hydrogen-bond donors (Lipinski definition) is 0. The number of hydrogen-bond acceptors (Lipinski definition) is 0. The first kappa shape index (κ1) is 71.3. The zero-order chi connectivity index (χ0) is 2.71. The fraction of sp³-hybridized carbons (Fsp3) is 1.00. The maximum Gasteiger partial charge on any atom is 0.102 e. The summed E-state index contributed by atoms with van der Waals surface area (Å²) in [5, 5.41) is 0. The van der Waals surface area contributed by atoms with E-state index in [1.165, 1.54) is 0 Å². The largest absolute Gasteiger partial charge is 0.269 e. The Morgan fingerprint density at radius 1 is 0.714 bits per heavy atom. The van der Waals surface area contributed by atoms with Gasteiger partial charge >= 0.3 is 0 Å². The SMILES string of the molecule is C[B]C.F.F.F.F. The third-order valence-corrected chi connectivity index (χ3v) is 0. The van der Waals surface area contributed by atoms with Crippen molar-refractivity contribution < 1.29 is 18.8 Å². The Morgan fingerprint density at radius 3 is 0.714 bits per heavy atom. The molecule has 0 aliphatic rings. The Balaban J connectivity index is -0.00000000333. The predicted octanol–water partition coefficient (Wildman–Crippen LogP) is 1.40. The van der Waals surface area contributed by atoms with Gasteiger partial charge in [-0.15, -0.1) is 0 Å². The van der Waals surface area contributed by atoms with E-state index in [2.05, 4.69) is 0 Å². The second-order valence-corrected chi connectivity index (χ2v) is 0.577. The highest BCUT2D eigenvalue weighted by molar-refractivity contribution is 6.31. The van der Waals surface area contributed by atoms with E-state index < -0.39 is 0 Å². The van der Waals surface area contributed by atoms with Gasteiger partial charge in [-0.3, -0.25) is 18.8 Å². The highest BCUT2D eigenvalue weighted by Crippen LogP contribution is 1.36. The minimum atomic E-state index is 0. The maximum absolute atomic E-state index is 2.00. The molecule has 7 heavy (non-hydrogen) atoms. The highest BCUT2D eigenvalue weighted by atomic mass is 19.0. The molecular formula is C2H10BF4. The van der Waals surface area contributed by atoms with Crippen LogP contribution in [0, 0.1) is 0 Å². The van der Waals surface area contributed by atoms with Crippen molar-refractivity contribution in [3.8, 4) is 0 Å². The van der Waals surface area contributed by atoms with Gasteiger partial charge in [0, 0.05) is 0 Å². The van der Waals surface area contributed by atoms with Gasteiger partial charge in [-0.25, -0.2) is 0 Å². The molecule has 5 heteroatoms. The van der Waals surface area contributed by atoms with Crippen LogP contribution in [0.2, 0.25) is 13.6 Å². The molecule has 0 spiro atoms. The molecule has 0 heterocycles. The molecule has 0 saturated heterocycles. The van der Waals surface area contributed by atoms with Gasteiger partial charge in [-0.05, 0) is 0 Å². The minimum absolute atomic E-state index is 0. The zero-order valence-electron chi connectivity index (χ0n) is 4.21. The lowest BCUT2D eigenvalue weighted by molar-refractivity contribution is 1.11. The third-order valence-electron chi connectivity index (χ3n) is 0. The normalized spacial score (nSPS) is 2.00. The summed E-state index contributed by atoms with van der Waals surface area (Å²) in [6, 6.07) is 0. The number of rotatable bonds is 0. The Bertz CT molecular complexity index is 9.65. The molecule has 0 aromatic carbocycles. The van der Waals surface area contributed by atoms with Crippen molar-refractivity contribution in [3.05, 3.63) is 0 Å². The highest BCUT2D eigenvalue weighted by Gasteiger charge is 1.42. The lowest BCUT2D eigenvalue weighted by Gasteiger charge is -1.41. The summed E-state index contributed by atoms with van der Waals surface area (Å²) in [4.78, 5) is 0. The van der Waals surface area contributed by atoms with Gasteiger partial charge in [0.25, 0.3) is 0 Å². The lowest BCUT2D eigenvalue weighted by Crippen LogP contribution is -1.53. The van der Waals surface area contributed by atoms with Crippen LogP contribution in [0.25, 0.3) is 0 Å². The van der Waals surface area contributed by atoms with Gasteiger partial charge < -0.3 is 0 Å². The van der Waals surface area contributed by atoms with Crippen LogP contribution in [0.5, 0.6) is 0 Å². The maximum atomic E-state index is 2.00. The fourth-order valence-corrected chi connectivity index (χ4v) is 0. The van der Waals surface area contributed by atoms with Crippen LogP contribution in [0.4, 0.5) is 18.8 Å². The van der Waals surface area contributed by atoms with Crippen LogP contribution in [0.15, 0.2) is 0 Å². The quantitative estimate of drug-likeness (QED) is 0.335. The van der Waals surface area contributed by atoms with Crippen molar-refractivity contribution in [1.29, 1.82) is 0 Å². The summed E-state index contributed by atoms with van der Waals surface area (Å²) in [7, 11) is 2.00. The van der Waals surface area contributed by atoms with Crippen molar-refractivity contribution in [2.45, 2.75) is 13.6 Å². The summed E-state index contributed by atoms with van der Waals surface area (Å²) in [5.74, 6) is 0. The standard InChI is InChI=1S/C2H6B.4FH/c1-3-2;;;;/h1-2H3;4*1H. The second-order valence-electron chi connectivity index (χ2n) is 0.577. The molecule has 0 N–H and O–H groups in total. The Morgan fingerprint density at radius 2 is 0.714 bits per heavy atom. The molecule has 0 atom stereocenters. The summed E-state index contributed by atoms with van der Waals surface area (Å²) in [6.45, 7) is 4.00. The van der Waals surface area contributed by atoms with Crippen molar-refractivity contribution in [1.82, 2.24) is 0 Å². The molecule has 0 aliphatic heterocycles. The monoisotopic (exact) mass is 121 g/mol. The van der Waals surface area contributed by atoms with E-state index in [4.69, 9.17) is 0 Å². The van der Waals surface area contributed by atoms with Crippen LogP contribution < -0.4 is 0 Å². The molecule has 0 unspecified atom stereocenters. The molecule has 0 nitrogen and oxygen atoms in total. The second kappa shape index (κ2) is 215. The van der Waals surface area contributed by atoms with E-state index in [0.29, 0.717) is 0 Å². The summed E-state index contributed by atoms with van der Waals surface area (Å²) in [6.07, 6.45) is 0. The molecule has 0 aromatic rings. The molecule has 0 fully saturated rings. The molecular weight excluding hydrogens is 111 g/mol. The van der Waals surface area contributed by atoms with E-state index in [9.17, 15) is 0 Å². The first-order valence-corrected chi connectivity index (χ1v) is 1.15. The Kier molecular flexibility index (Phi) is 2190. The van der Waals surface area contributed by atoms with Crippen LogP contribution in [-0.2, 0) is 0 Å². The van der Waals surface area contributed by atoms with E-state index in [1.807, 2.05) is 20.9 Å². The van der Waals surface area contributed by atoms with Gasteiger partial charge in [0.15, 0.2) is 0 Å². The Labute approximate surface area is 41.0 Å². The van der Waals surface area contributed by atoms with Crippen molar-refractivity contribution in [2.24, 2.45) is 0 Å². The fourth-order valence-electron chi connectivity index (χ4n) is 0. The molecule has 0 aliphatic carbocycles. The first-order chi connectivity index (χ1) is 1.41. The lowest BCUT2D eigenvalue weighted by atomic mass is 9.88. The van der Waals surface area contributed by atoms with E-state index in [-0.39, 0.29) is 18.8 Å². The Hall–Kier alpha value is -0.215. The van der Waals surface area contributed by atoms with E-state index in [0.717, 1.165) is 0 Å². The van der Waals surface area contributed by atoms with Crippen molar-refractivity contribution in [2.75, 3.05) is 0 Å². The molecule has 0 amide bonds. The van der Waals surface area contributed by atoms with Crippen LogP contribution >= 0.6 is 0 Å². The zero-order valence-corrected chi connectivity index (χ0v) is 4.21. The minimum Gasteiger partial charge on any atom is -0.269 e. The third kappa shape index (κ3) is 1790. The smallest absolute Gasteiger partial charge is 0.102 e. The number of halogens is 4. The molecule has 49 valence electrons. The van der Waals surface area contributed by atoms with Crippen LogP contribution in [-0.4, -0.2) is 7.28 Å². The van der Waals surface area contributed by atoms with E-state index >= 15 is 0 Å². The summed E-state index contributed by atoms with van der Waals surface area (Å²) < 4.78 is 0. The average molecular weight is 121 g/mol. The molecule has 1 radical (unpaired) electrons. The van der Waals surface area contributed by atoms with Gasteiger partial charge in [0.05, 0.1) is 0 Å². The summed E-state index contributed by atoms with van der Waals surface area (Å²) in [5.41, 5.74) is 0. The summed E-state index contributed by atoms with van der Waals surface area (Å²) >= 11 is 0. The first-order valence-electron chi connectivity index (χ1n) is 1.15. The van der Waals surface area contributed by atoms with Gasteiger partial charge in [0.1, 0.15) is 7.28 Å². The van der Waals surface area contributed by atoms with Crippen LogP contribution in [0.3, 0.4) is 0 Å². The topological polar surface area (TPSA) is 0 Å².